The monoisotopic (exact) mass is 363 g/mol. The molecule has 0 unspecified atom stereocenters. The van der Waals surface area contributed by atoms with Crippen LogP contribution in [0.4, 0.5) is 5.82 Å². The summed E-state index contributed by atoms with van der Waals surface area (Å²) in [6, 6.07) is 4.53. The fraction of sp³-hybridized carbons (Fsp3) is 0.214. The quantitative estimate of drug-likeness (QED) is 0.648. The number of rotatable bonds is 5. The Balaban J connectivity index is 1.64. The number of amides is 1. The summed E-state index contributed by atoms with van der Waals surface area (Å²) in [4.78, 5) is 35.5. The second-order valence-corrected chi connectivity index (χ2v) is 5.88. The Morgan fingerprint density at radius 1 is 1.28 bits per heavy atom. The largest absolute Gasteiger partial charge is 0.459 e. The summed E-state index contributed by atoms with van der Waals surface area (Å²) in [5.41, 5.74) is -1.04. The van der Waals surface area contributed by atoms with Gasteiger partial charge in [0.25, 0.3) is 16.7 Å². The average Bonchev–Trinajstić information content (AvgIpc) is 3.27. The third-order valence-corrected chi connectivity index (χ3v) is 4.08. The molecular weight excluding hydrogens is 350 g/mol. The molecule has 0 aliphatic heterocycles. The summed E-state index contributed by atoms with van der Waals surface area (Å²) >= 11 is 1.02. The Bertz CT molecular complexity index is 1020. The predicted octanol–water partition coefficient (Wildman–Crippen LogP) is 0.458. The molecule has 0 aliphatic rings. The Morgan fingerprint density at radius 3 is 2.80 bits per heavy atom. The first kappa shape index (κ1) is 16.8. The maximum absolute atomic E-state index is 12.0. The normalized spacial score (nSPS) is 10.8. The first-order valence-corrected chi connectivity index (χ1v) is 8.01. The van der Waals surface area contributed by atoms with Crippen molar-refractivity contribution in [1.29, 1.82) is 0 Å². The topological polar surface area (TPSA) is 125 Å². The van der Waals surface area contributed by atoms with Crippen LogP contribution in [0.5, 0.6) is 0 Å². The lowest BCUT2D eigenvalue weighted by Crippen LogP contribution is -2.38. The Labute approximate surface area is 144 Å². The summed E-state index contributed by atoms with van der Waals surface area (Å²) in [5, 5.41) is 10.3. The molecule has 1 amide bonds. The average molecular weight is 363 g/mol. The van der Waals surface area contributed by atoms with E-state index in [0.717, 1.165) is 16.3 Å². The number of nitrogens with one attached hydrogen (secondary N) is 1. The van der Waals surface area contributed by atoms with E-state index in [4.69, 9.17) is 8.83 Å². The van der Waals surface area contributed by atoms with Crippen molar-refractivity contribution in [3.05, 3.63) is 45.3 Å². The third-order valence-electron chi connectivity index (χ3n) is 3.26. The first-order chi connectivity index (χ1) is 12.0. The number of carbonyl (C=O) groups is 1. The lowest BCUT2D eigenvalue weighted by molar-refractivity contribution is -0.113. The van der Waals surface area contributed by atoms with Crippen molar-refractivity contribution in [2.24, 2.45) is 14.1 Å². The van der Waals surface area contributed by atoms with Gasteiger partial charge in [-0.3, -0.25) is 18.7 Å². The second kappa shape index (κ2) is 6.81. The molecule has 3 rings (SSSR count). The van der Waals surface area contributed by atoms with Crippen molar-refractivity contribution in [2.45, 2.75) is 5.22 Å². The van der Waals surface area contributed by atoms with E-state index in [-0.39, 0.29) is 22.7 Å². The summed E-state index contributed by atoms with van der Waals surface area (Å²) in [5.74, 6) is 0.288. The van der Waals surface area contributed by atoms with Gasteiger partial charge in [0.2, 0.25) is 5.91 Å². The predicted molar refractivity (Wildman–Crippen MR) is 88.3 cm³/mol. The highest BCUT2D eigenvalue weighted by molar-refractivity contribution is 7.99. The van der Waals surface area contributed by atoms with E-state index in [0.29, 0.717) is 5.76 Å². The van der Waals surface area contributed by atoms with Crippen LogP contribution >= 0.6 is 11.8 Å². The highest BCUT2D eigenvalue weighted by Crippen LogP contribution is 2.23. The van der Waals surface area contributed by atoms with Gasteiger partial charge in [0.1, 0.15) is 5.82 Å². The van der Waals surface area contributed by atoms with Gasteiger partial charge in [-0.25, -0.2) is 4.79 Å². The fourth-order valence-corrected chi connectivity index (χ4v) is 2.49. The number of hydrogen-bond acceptors (Lipinski definition) is 8. The number of thioether (sulfide) groups is 1. The summed E-state index contributed by atoms with van der Waals surface area (Å²) in [7, 11) is 2.82. The zero-order valence-corrected chi connectivity index (χ0v) is 14.1. The third kappa shape index (κ3) is 3.55. The van der Waals surface area contributed by atoms with Crippen LogP contribution in [0.25, 0.3) is 11.7 Å². The van der Waals surface area contributed by atoms with Gasteiger partial charge >= 0.3 is 5.69 Å². The van der Waals surface area contributed by atoms with Gasteiger partial charge in [-0.1, -0.05) is 11.8 Å². The molecule has 3 aromatic heterocycles. The Morgan fingerprint density at radius 2 is 2.08 bits per heavy atom. The van der Waals surface area contributed by atoms with Crippen LogP contribution in [0.1, 0.15) is 0 Å². The van der Waals surface area contributed by atoms with Crippen LogP contribution in [0, 0.1) is 0 Å². The van der Waals surface area contributed by atoms with Crippen LogP contribution in [0.3, 0.4) is 0 Å². The van der Waals surface area contributed by atoms with Gasteiger partial charge in [-0.15, -0.1) is 10.2 Å². The van der Waals surface area contributed by atoms with E-state index in [1.807, 2.05) is 0 Å². The molecule has 10 nitrogen and oxygen atoms in total. The van der Waals surface area contributed by atoms with E-state index in [1.165, 1.54) is 31.0 Å². The minimum atomic E-state index is -0.532. The molecule has 0 aromatic carbocycles. The molecule has 0 fully saturated rings. The lowest BCUT2D eigenvalue weighted by Gasteiger charge is -2.10. The summed E-state index contributed by atoms with van der Waals surface area (Å²) < 4.78 is 12.6. The number of carbonyl (C=O) groups excluding carboxylic acids is 1. The molecule has 0 bridgehead atoms. The van der Waals surface area contributed by atoms with Crippen LogP contribution in [-0.2, 0) is 18.9 Å². The maximum Gasteiger partial charge on any atom is 0.332 e. The van der Waals surface area contributed by atoms with Crippen molar-refractivity contribution < 1.29 is 13.6 Å². The molecular formula is C14H13N5O5S. The zero-order chi connectivity index (χ0) is 18.0. The molecule has 0 radical (unpaired) electrons. The summed E-state index contributed by atoms with van der Waals surface area (Å²) in [6.45, 7) is 0. The molecule has 0 saturated heterocycles. The zero-order valence-electron chi connectivity index (χ0n) is 13.3. The van der Waals surface area contributed by atoms with E-state index in [9.17, 15) is 14.4 Å². The molecule has 0 atom stereocenters. The fourth-order valence-electron chi connectivity index (χ4n) is 1.93. The first-order valence-electron chi connectivity index (χ1n) is 7.03. The van der Waals surface area contributed by atoms with Gasteiger partial charge in [0.15, 0.2) is 5.76 Å². The number of nitrogens with zero attached hydrogens (tertiary/aromatic N) is 4. The SMILES string of the molecule is Cn1c(NC(=O)CSc2nnc(-c3ccco3)o2)cc(=O)n(C)c1=O. The second-order valence-electron chi connectivity index (χ2n) is 4.96. The molecule has 1 N–H and O–H groups in total. The number of furan rings is 1. The van der Waals surface area contributed by atoms with Crippen molar-refractivity contribution in [2.75, 3.05) is 11.1 Å². The Hall–Kier alpha value is -3.08. The van der Waals surface area contributed by atoms with Gasteiger partial charge in [0.05, 0.1) is 12.0 Å². The van der Waals surface area contributed by atoms with Crippen LogP contribution in [-0.4, -0.2) is 31.0 Å². The van der Waals surface area contributed by atoms with E-state index < -0.39 is 17.2 Å². The van der Waals surface area contributed by atoms with Crippen LogP contribution in [0.2, 0.25) is 0 Å². The van der Waals surface area contributed by atoms with Crippen molar-refractivity contribution in [1.82, 2.24) is 19.3 Å². The van der Waals surface area contributed by atoms with Crippen molar-refractivity contribution >= 4 is 23.5 Å². The molecule has 25 heavy (non-hydrogen) atoms. The molecule has 3 heterocycles. The minimum absolute atomic E-state index is 0.0385. The minimum Gasteiger partial charge on any atom is -0.459 e. The lowest BCUT2D eigenvalue weighted by atomic mass is 10.5. The van der Waals surface area contributed by atoms with Gasteiger partial charge in [-0.05, 0) is 12.1 Å². The summed E-state index contributed by atoms with van der Waals surface area (Å²) in [6.07, 6.45) is 1.48. The van der Waals surface area contributed by atoms with Crippen LogP contribution < -0.4 is 16.6 Å². The number of hydrogen-bond donors (Lipinski definition) is 1. The molecule has 11 heteroatoms. The molecule has 0 saturated carbocycles. The molecule has 3 aromatic rings. The van der Waals surface area contributed by atoms with Crippen molar-refractivity contribution in [3.63, 3.8) is 0 Å². The van der Waals surface area contributed by atoms with Gasteiger partial charge in [-0.2, -0.15) is 0 Å². The van der Waals surface area contributed by atoms with Gasteiger partial charge < -0.3 is 14.2 Å². The molecule has 130 valence electrons. The molecule has 0 aliphatic carbocycles. The Kier molecular flexibility index (Phi) is 4.57. The highest BCUT2D eigenvalue weighted by Gasteiger charge is 2.14. The standard InChI is InChI=1S/C14H13N5O5S/c1-18-9(6-11(21)19(2)14(18)22)15-10(20)7-25-13-17-16-12(24-13)8-4-3-5-23-8/h3-6H,7H2,1-2H3,(H,15,20). The van der Waals surface area contributed by atoms with E-state index in [2.05, 4.69) is 15.5 Å². The van der Waals surface area contributed by atoms with E-state index >= 15 is 0 Å². The van der Waals surface area contributed by atoms with Gasteiger partial charge in [0, 0.05) is 20.2 Å². The maximum atomic E-state index is 12.0. The molecule has 0 spiro atoms. The van der Waals surface area contributed by atoms with E-state index in [1.54, 1.807) is 12.1 Å². The van der Waals surface area contributed by atoms with Crippen LogP contribution in [0.15, 0.2) is 48.1 Å². The van der Waals surface area contributed by atoms with Crippen molar-refractivity contribution in [3.8, 4) is 11.7 Å². The highest BCUT2D eigenvalue weighted by atomic mass is 32.2. The number of aromatic nitrogens is 4. The number of anilines is 1. The smallest absolute Gasteiger partial charge is 0.332 e.